The molecule has 0 aliphatic rings. The van der Waals surface area contributed by atoms with Crippen molar-refractivity contribution in [3.05, 3.63) is 36.5 Å². The van der Waals surface area contributed by atoms with E-state index in [1.807, 2.05) is 6.08 Å². The Morgan fingerprint density at radius 2 is 0.635 bits per heavy atom. The first-order valence-electron chi connectivity index (χ1n) is 33.3. The van der Waals surface area contributed by atoms with Crippen molar-refractivity contribution in [1.82, 2.24) is 5.32 Å². The molecule has 0 saturated heterocycles. The average Bonchev–Trinajstić information content (AvgIpc) is 3.40. The molecule has 1 amide bonds. The summed E-state index contributed by atoms with van der Waals surface area (Å²) in [6.07, 6.45) is 80.5. The van der Waals surface area contributed by atoms with Gasteiger partial charge in [0.25, 0.3) is 0 Å². The van der Waals surface area contributed by atoms with E-state index in [-0.39, 0.29) is 18.5 Å². The Hall–Kier alpha value is -1.92. The molecule has 0 aromatic heterocycles. The Morgan fingerprint density at radius 1 is 0.365 bits per heavy atom. The van der Waals surface area contributed by atoms with Gasteiger partial charge in [-0.05, 0) is 83.5 Å². The zero-order chi connectivity index (χ0) is 53.6. The van der Waals surface area contributed by atoms with Crippen molar-refractivity contribution in [2.75, 3.05) is 13.2 Å². The minimum absolute atomic E-state index is 0.00462. The number of aliphatic hydroxyl groups excluding tert-OH is 2. The van der Waals surface area contributed by atoms with Crippen LogP contribution in [0.1, 0.15) is 361 Å². The molecular formula is C68H129NO5. The number of hydrogen-bond acceptors (Lipinski definition) is 5. The highest BCUT2D eigenvalue weighted by atomic mass is 16.5. The highest BCUT2D eigenvalue weighted by Gasteiger charge is 2.18. The van der Waals surface area contributed by atoms with Gasteiger partial charge in [-0.25, -0.2) is 0 Å². The lowest BCUT2D eigenvalue weighted by atomic mass is 10.0. The molecule has 0 rings (SSSR count). The number of carbonyl (C=O) groups is 2. The molecule has 6 heteroatoms. The monoisotopic (exact) mass is 1040 g/mol. The normalized spacial score (nSPS) is 12.8. The Bertz CT molecular complexity index is 1200. The Labute approximate surface area is 462 Å². The van der Waals surface area contributed by atoms with E-state index in [2.05, 4.69) is 43.5 Å². The van der Waals surface area contributed by atoms with Crippen LogP contribution >= 0.6 is 0 Å². The number of esters is 1. The Morgan fingerprint density at radius 3 is 0.959 bits per heavy atom. The summed E-state index contributed by atoms with van der Waals surface area (Å²) >= 11 is 0. The highest BCUT2D eigenvalue weighted by Crippen LogP contribution is 2.17. The Balaban J connectivity index is 3.44. The molecule has 0 aliphatic heterocycles. The van der Waals surface area contributed by atoms with Crippen LogP contribution in [0, 0.1) is 0 Å². The Kier molecular flexibility index (Phi) is 62.0. The smallest absolute Gasteiger partial charge is 0.305 e. The molecule has 6 nitrogen and oxygen atoms in total. The minimum Gasteiger partial charge on any atom is -0.466 e. The fourth-order valence-electron chi connectivity index (χ4n) is 10.3. The van der Waals surface area contributed by atoms with Gasteiger partial charge in [-0.15, -0.1) is 0 Å². The predicted octanol–water partition coefficient (Wildman–Crippen LogP) is 21.1. The molecule has 2 atom stereocenters. The van der Waals surface area contributed by atoms with E-state index < -0.39 is 12.1 Å². The van der Waals surface area contributed by atoms with Crippen LogP contribution in [0.25, 0.3) is 0 Å². The van der Waals surface area contributed by atoms with Gasteiger partial charge >= 0.3 is 5.97 Å². The van der Waals surface area contributed by atoms with Crippen LogP contribution in [0.5, 0.6) is 0 Å². The van der Waals surface area contributed by atoms with Crippen LogP contribution in [0.2, 0.25) is 0 Å². The van der Waals surface area contributed by atoms with Crippen molar-refractivity contribution < 1.29 is 24.5 Å². The third-order valence-corrected chi connectivity index (χ3v) is 15.4. The summed E-state index contributed by atoms with van der Waals surface area (Å²) in [6, 6.07) is -0.635. The quantitative estimate of drug-likeness (QED) is 0.0320. The van der Waals surface area contributed by atoms with Crippen molar-refractivity contribution in [1.29, 1.82) is 0 Å². The van der Waals surface area contributed by atoms with E-state index in [4.69, 9.17) is 4.74 Å². The third-order valence-electron chi connectivity index (χ3n) is 15.4. The van der Waals surface area contributed by atoms with E-state index in [1.54, 1.807) is 6.08 Å². The third kappa shape index (κ3) is 59.3. The molecule has 0 spiro atoms. The predicted molar refractivity (Wildman–Crippen MR) is 324 cm³/mol. The van der Waals surface area contributed by atoms with Gasteiger partial charge < -0.3 is 20.3 Å². The van der Waals surface area contributed by atoms with Gasteiger partial charge in [0.2, 0.25) is 5.91 Å². The molecule has 0 aromatic carbocycles. The van der Waals surface area contributed by atoms with E-state index in [1.165, 1.54) is 283 Å². The highest BCUT2D eigenvalue weighted by molar-refractivity contribution is 5.76. The van der Waals surface area contributed by atoms with Crippen molar-refractivity contribution in [2.45, 2.75) is 373 Å². The van der Waals surface area contributed by atoms with Crippen LogP contribution in [0.15, 0.2) is 36.5 Å². The maximum Gasteiger partial charge on any atom is 0.305 e. The number of ether oxygens (including phenoxy) is 1. The first-order chi connectivity index (χ1) is 36.5. The molecule has 2 unspecified atom stereocenters. The average molecular weight is 1040 g/mol. The fraction of sp³-hybridized carbons (Fsp3) is 0.882. The molecule has 74 heavy (non-hydrogen) atoms. The van der Waals surface area contributed by atoms with Crippen LogP contribution < -0.4 is 5.32 Å². The SMILES string of the molecule is CCCCCCCC/C=C\CCCCCCCCCC(=O)OCCCCCCCCCCCC/C=C\CCCCCCCCCC(=O)NC(CO)C(O)/C=C/CCCCCCCCCCCCCCCCCCC. The number of carbonyl (C=O) groups excluding carboxylic acids is 2. The maximum absolute atomic E-state index is 12.5. The van der Waals surface area contributed by atoms with Gasteiger partial charge in [0, 0.05) is 12.8 Å². The van der Waals surface area contributed by atoms with Crippen molar-refractivity contribution in [3.8, 4) is 0 Å². The summed E-state index contributed by atoms with van der Waals surface area (Å²) in [5, 5.41) is 23.2. The summed E-state index contributed by atoms with van der Waals surface area (Å²) in [6.45, 7) is 4.92. The van der Waals surface area contributed by atoms with Gasteiger partial charge in [0.05, 0.1) is 25.4 Å². The number of rotatable bonds is 62. The van der Waals surface area contributed by atoms with Crippen molar-refractivity contribution in [2.24, 2.45) is 0 Å². The number of hydrogen-bond donors (Lipinski definition) is 3. The van der Waals surface area contributed by atoms with Gasteiger partial charge in [0.1, 0.15) is 0 Å². The van der Waals surface area contributed by atoms with Crippen LogP contribution in [-0.2, 0) is 14.3 Å². The summed E-state index contributed by atoms with van der Waals surface area (Å²) in [7, 11) is 0. The summed E-state index contributed by atoms with van der Waals surface area (Å²) in [4.78, 5) is 24.6. The fourth-order valence-corrected chi connectivity index (χ4v) is 10.3. The molecule has 0 radical (unpaired) electrons. The van der Waals surface area contributed by atoms with Crippen LogP contribution in [0.3, 0.4) is 0 Å². The molecule has 0 aromatic rings. The molecule has 436 valence electrons. The lowest BCUT2D eigenvalue weighted by Gasteiger charge is -2.20. The number of unbranched alkanes of at least 4 members (excludes halogenated alkanes) is 47. The molecule has 0 fully saturated rings. The second-order valence-corrected chi connectivity index (χ2v) is 22.8. The molecule has 3 N–H and O–H groups in total. The second kappa shape index (κ2) is 63.6. The first-order valence-corrected chi connectivity index (χ1v) is 33.3. The summed E-state index contributed by atoms with van der Waals surface area (Å²) < 4.78 is 5.49. The number of nitrogens with one attached hydrogen (secondary N) is 1. The molecule has 0 saturated carbocycles. The van der Waals surface area contributed by atoms with E-state index in [9.17, 15) is 19.8 Å². The zero-order valence-corrected chi connectivity index (χ0v) is 49.8. The number of aliphatic hydroxyl groups is 2. The lowest BCUT2D eigenvalue weighted by Crippen LogP contribution is -2.45. The summed E-state index contributed by atoms with van der Waals surface area (Å²) in [5.74, 6) is -0.0686. The van der Waals surface area contributed by atoms with E-state index in [0.717, 1.165) is 51.4 Å². The number of allylic oxidation sites excluding steroid dienone is 5. The zero-order valence-electron chi connectivity index (χ0n) is 49.8. The molecular weight excluding hydrogens is 911 g/mol. The summed E-state index contributed by atoms with van der Waals surface area (Å²) in [5.41, 5.74) is 0. The largest absolute Gasteiger partial charge is 0.466 e. The van der Waals surface area contributed by atoms with E-state index >= 15 is 0 Å². The molecule has 0 heterocycles. The topological polar surface area (TPSA) is 95.9 Å². The van der Waals surface area contributed by atoms with Gasteiger partial charge in [0.15, 0.2) is 0 Å². The number of amides is 1. The first kappa shape index (κ1) is 72.1. The van der Waals surface area contributed by atoms with Crippen molar-refractivity contribution >= 4 is 11.9 Å². The van der Waals surface area contributed by atoms with Crippen LogP contribution in [0.4, 0.5) is 0 Å². The second-order valence-electron chi connectivity index (χ2n) is 22.8. The molecule has 0 bridgehead atoms. The van der Waals surface area contributed by atoms with Gasteiger partial charge in [-0.1, -0.05) is 301 Å². The minimum atomic E-state index is -0.850. The van der Waals surface area contributed by atoms with E-state index in [0.29, 0.717) is 19.4 Å². The lowest BCUT2D eigenvalue weighted by molar-refractivity contribution is -0.143. The van der Waals surface area contributed by atoms with Crippen molar-refractivity contribution in [3.63, 3.8) is 0 Å². The maximum atomic E-state index is 12.5. The molecule has 0 aliphatic carbocycles. The standard InChI is InChI=1S/C68H129NO5/c1-3-5-7-9-11-13-15-17-19-21-25-29-32-36-40-44-48-52-56-60-66(71)65(64-70)69-67(72)61-57-53-49-45-41-37-33-30-26-23-22-24-27-31-35-39-43-47-51-55-59-63-74-68(73)62-58-54-50-46-42-38-34-28-20-18-16-14-12-10-8-6-4-2/h18,20,23,26,56,60,65-66,70-71H,3-17,19,21-22,24-25,27-55,57-59,61-64H2,1-2H3,(H,69,72)/b20-18-,26-23-,60-56+. The van der Waals surface area contributed by atoms with Gasteiger partial charge in [-0.2, -0.15) is 0 Å². The van der Waals surface area contributed by atoms with Crippen LogP contribution in [-0.4, -0.2) is 47.4 Å². The van der Waals surface area contributed by atoms with Gasteiger partial charge in [-0.3, -0.25) is 9.59 Å².